The van der Waals surface area contributed by atoms with E-state index in [4.69, 9.17) is 10.5 Å². The summed E-state index contributed by atoms with van der Waals surface area (Å²) in [7, 11) is 1.78. The third-order valence-corrected chi connectivity index (χ3v) is 2.89. The summed E-state index contributed by atoms with van der Waals surface area (Å²) in [6, 6.07) is 0. The molecule has 94 valence electrons. The third kappa shape index (κ3) is 4.39. The highest BCUT2D eigenvalue weighted by Crippen LogP contribution is 2.27. The van der Waals surface area contributed by atoms with Crippen LogP contribution in [0, 0.1) is 5.92 Å². The lowest BCUT2D eigenvalue weighted by Crippen LogP contribution is -2.45. The standard InChI is InChI=1S/C12H25N3O/c1-12(2,3)15-11(13)14-8-9-6-5-7-10(9)16-4/h9-10H,5-8H2,1-4H3,(H3,13,14,15). The molecule has 0 radical (unpaired) electrons. The molecule has 16 heavy (non-hydrogen) atoms. The second-order valence-corrected chi connectivity index (χ2v) is 5.57. The summed E-state index contributed by atoms with van der Waals surface area (Å²) < 4.78 is 5.43. The molecule has 0 saturated heterocycles. The van der Waals surface area contributed by atoms with Crippen molar-refractivity contribution in [2.24, 2.45) is 16.6 Å². The molecule has 4 nitrogen and oxygen atoms in total. The fraction of sp³-hybridized carbons (Fsp3) is 0.917. The molecule has 0 spiro atoms. The molecule has 3 N–H and O–H groups in total. The van der Waals surface area contributed by atoms with Gasteiger partial charge in [-0.25, -0.2) is 0 Å². The Bertz CT molecular complexity index is 245. The van der Waals surface area contributed by atoms with Crippen molar-refractivity contribution >= 4 is 5.96 Å². The quantitative estimate of drug-likeness (QED) is 0.567. The van der Waals surface area contributed by atoms with Crippen LogP contribution in [-0.4, -0.2) is 31.3 Å². The van der Waals surface area contributed by atoms with Gasteiger partial charge in [0.25, 0.3) is 0 Å². The van der Waals surface area contributed by atoms with E-state index in [1.54, 1.807) is 7.11 Å². The number of nitrogens with zero attached hydrogens (tertiary/aromatic N) is 1. The maximum absolute atomic E-state index is 5.82. The smallest absolute Gasteiger partial charge is 0.188 e. The number of nitrogens with two attached hydrogens (primary N) is 1. The van der Waals surface area contributed by atoms with Crippen LogP contribution in [0.1, 0.15) is 40.0 Å². The van der Waals surface area contributed by atoms with Gasteiger partial charge in [-0.1, -0.05) is 6.42 Å². The molecule has 0 aromatic heterocycles. The highest BCUT2D eigenvalue weighted by Gasteiger charge is 2.26. The Kier molecular flexibility index (Phi) is 4.59. The number of guanidine groups is 1. The maximum Gasteiger partial charge on any atom is 0.188 e. The molecule has 2 atom stereocenters. The molecule has 1 rings (SSSR count). The topological polar surface area (TPSA) is 59.6 Å². The Hall–Kier alpha value is -0.770. The van der Waals surface area contributed by atoms with Crippen LogP contribution in [0.5, 0.6) is 0 Å². The summed E-state index contributed by atoms with van der Waals surface area (Å²) in [4.78, 5) is 4.39. The van der Waals surface area contributed by atoms with Crippen LogP contribution in [0.25, 0.3) is 0 Å². The molecule has 0 aromatic rings. The minimum absolute atomic E-state index is 0.0239. The average molecular weight is 227 g/mol. The SMILES string of the molecule is COC1CCCC1CN=C(N)NC(C)(C)C. The zero-order chi connectivity index (χ0) is 12.2. The number of methoxy groups -OCH3 is 1. The summed E-state index contributed by atoms with van der Waals surface area (Å²) in [5, 5.41) is 3.16. The van der Waals surface area contributed by atoms with Crippen LogP contribution < -0.4 is 11.1 Å². The normalized spacial score (nSPS) is 27.1. The van der Waals surface area contributed by atoms with Crippen molar-refractivity contribution in [1.82, 2.24) is 5.32 Å². The molecule has 1 aliphatic rings. The van der Waals surface area contributed by atoms with E-state index in [-0.39, 0.29) is 5.54 Å². The molecule has 0 aromatic carbocycles. The Labute approximate surface area is 98.6 Å². The van der Waals surface area contributed by atoms with E-state index in [9.17, 15) is 0 Å². The average Bonchev–Trinajstić information content (AvgIpc) is 2.59. The Morgan fingerprint density at radius 1 is 1.44 bits per heavy atom. The molecule has 4 heteroatoms. The van der Waals surface area contributed by atoms with Gasteiger partial charge in [0.15, 0.2) is 5.96 Å². The molecular weight excluding hydrogens is 202 g/mol. The van der Waals surface area contributed by atoms with Gasteiger partial charge in [-0.2, -0.15) is 0 Å². The first-order valence-corrected chi connectivity index (χ1v) is 6.03. The number of rotatable bonds is 3. The number of hydrogen-bond acceptors (Lipinski definition) is 2. The molecule has 0 amide bonds. The van der Waals surface area contributed by atoms with Gasteiger partial charge in [-0.15, -0.1) is 0 Å². The van der Waals surface area contributed by atoms with Crippen LogP contribution >= 0.6 is 0 Å². The Morgan fingerprint density at radius 3 is 2.69 bits per heavy atom. The van der Waals surface area contributed by atoms with E-state index in [0.29, 0.717) is 18.0 Å². The third-order valence-electron chi connectivity index (χ3n) is 2.89. The van der Waals surface area contributed by atoms with Gasteiger partial charge in [0.2, 0.25) is 0 Å². The lowest BCUT2D eigenvalue weighted by atomic mass is 10.1. The first-order chi connectivity index (χ1) is 7.42. The molecule has 0 aliphatic heterocycles. The predicted octanol–water partition coefficient (Wildman–Crippen LogP) is 1.50. The largest absolute Gasteiger partial charge is 0.381 e. The zero-order valence-electron chi connectivity index (χ0n) is 10.9. The molecule has 0 bridgehead atoms. The Morgan fingerprint density at radius 2 is 2.12 bits per heavy atom. The molecule has 1 fully saturated rings. The minimum Gasteiger partial charge on any atom is -0.381 e. The monoisotopic (exact) mass is 227 g/mol. The lowest BCUT2D eigenvalue weighted by Gasteiger charge is -2.22. The van der Waals surface area contributed by atoms with E-state index in [1.165, 1.54) is 12.8 Å². The second-order valence-electron chi connectivity index (χ2n) is 5.57. The van der Waals surface area contributed by atoms with Gasteiger partial charge in [-0.05, 0) is 33.6 Å². The zero-order valence-corrected chi connectivity index (χ0v) is 10.9. The van der Waals surface area contributed by atoms with Crippen LogP contribution in [0.15, 0.2) is 4.99 Å². The fourth-order valence-corrected chi connectivity index (χ4v) is 2.16. The number of ether oxygens (including phenoxy) is 1. The minimum atomic E-state index is -0.0239. The van der Waals surface area contributed by atoms with Gasteiger partial charge in [0, 0.05) is 25.1 Å². The van der Waals surface area contributed by atoms with Crippen LogP contribution in [0.3, 0.4) is 0 Å². The van der Waals surface area contributed by atoms with Crippen molar-refractivity contribution < 1.29 is 4.74 Å². The summed E-state index contributed by atoms with van der Waals surface area (Å²) in [6.07, 6.45) is 3.96. The summed E-state index contributed by atoms with van der Waals surface area (Å²) in [5.74, 6) is 1.07. The van der Waals surface area contributed by atoms with Crippen LogP contribution in [-0.2, 0) is 4.74 Å². The number of aliphatic imine (C=N–C) groups is 1. The molecule has 1 aliphatic carbocycles. The molecule has 0 heterocycles. The van der Waals surface area contributed by atoms with Gasteiger partial charge in [0.1, 0.15) is 0 Å². The summed E-state index contributed by atoms with van der Waals surface area (Å²) in [6.45, 7) is 6.99. The summed E-state index contributed by atoms with van der Waals surface area (Å²) in [5.41, 5.74) is 5.80. The fourth-order valence-electron chi connectivity index (χ4n) is 2.16. The summed E-state index contributed by atoms with van der Waals surface area (Å²) >= 11 is 0. The van der Waals surface area contributed by atoms with Crippen molar-refractivity contribution in [3.63, 3.8) is 0 Å². The molecule has 2 unspecified atom stereocenters. The highest BCUT2D eigenvalue weighted by molar-refractivity contribution is 5.78. The first kappa shape index (κ1) is 13.3. The highest BCUT2D eigenvalue weighted by atomic mass is 16.5. The van der Waals surface area contributed by atoms with Gasteiger partial charge in [-0.3, -0.25) is 4.99 Å². The number of nitrogens with one attached hydrogen (secondary N) is 1. The molecule has 1 saturated carbocycles. The van der Waals surface area contributed by atoms with Crippen molar-refractivity contribution in [2.75, 3.05) is 13.7 Å². The van der Waals surface area contributed by atoms with E-state index >= 15 is 0 Å². The number of hydrogen-bond donors (Lipinski definition) is 2. The van der Waals surface area contributed by atoms with Crippen molar-refractivity contribution in [2.45, 2.75) is 51.7 Å². The first-order valence-electron chi connectivity index (χ1n) is 6.03. The van der Waals surface area contributed by atoms with Crippen LogP contribution in [0.4, 0.5) is 0 Å². The van der Waals surface area contributed by atoms with E-state index in [2.05, 4.69) is 31.1 Å². The van der Waals surface area contributed by atoms with Crippen LogP contribution in [0.2, 0.25) is 0 Å². The Balaban J connectivity index is 2.40. The molecular formula is C12H25N3O. The van der Waals surface area contributed by atoms with E-state index < -0.39 is 0 Å². The van der Waals surface area contributed by atoms with Gasteiger partial charge < -0.3 is 15.8 Å². The van der Waals surface area contributed by atoms with Crippen molar-refractivity contribution in [3.8, 4) is 0 Å². The van der Waals surface area contributed by atoms with Gasteiger partial charge in [0.05, 0.1) is 6.10 Å². The van der Waals surface area contributed by atoms with E-state index in [1.807, 2.05) is 0 Å². The predicted molar refractivity (Wildman–Crippen MR) is 67.5 cm³/mol. The van der Waals surface area contributed by atoms with Gasteiger partial charge >= 0.3 is 0 Å². The van der Waals surface area contributed by atoms with Crippen molar-refractivity contribution in [1.29, 1.82) is 0 Å². The maximum atomic E-state index is 5.82. The van der Waals surface area contributed by atoms with Crippen molar-refractivity contribution in [3.05, 3.63) is 0 Å². The second kappa shape index (κ2) is 5.53. The van der Waals surface area contributed by atoms with E-state index in [0.717, 1.165) is 13.0 Å². The lowest BCUT2D eigenvalue weighted by molar-refractivity contribution is 0.0742.